The highest BCUT2D eigenvalue weighted by molar-refractivity contribution is 6.03. The van der Waals surface area contributed by atoms with E-state index in [-0.39, 0.29) is 16.8 Å². The number of carbonyl (C=O) groups excluding carboxylic acids is 2. The Kier molecular flexibility index (Phi) is 6.74. The molecule has 0 aliphatic carbocycles. The number of aldehydes is 1. The smallest absolute Gasteiger partial charge is 0.203 e. The predicted molar refractivity (Wildman–Crippen MR) is 140 cm³/mol. The van der Waals surface area contributed by atoms with E-state index in [0.29, 0.717) is 39.9 Å². The molecule has 6 nitrogen and oxygen atoms in total. The van der Waals surface area contributed by atoms with Gasteiger partial charge in [0.25, 0.3) is 0 Å². The van der Waals surface area contributed by atoms with Crippen LogP contribution in [0, 0.1) is 0 Å². The molecule has 5 aromatic rings. The number of carbonyl (C=O) groups is 2. The van der Waals surface area contributed by atoms with Crippen molar-refractivity contribution in [2.24, 2.45) is 0 Å². The van der Waals surface area contributed by atoms with Gasteiger partial charge < -0.3 is 14.3 Å². The molecule has 6 heteroatoms. The number of hydrogen-bond donors (Lipinski definition) is 1. The number of hydrogen-bond acceptors (Lipinski definition) is 6. The molecule has 37 heavy (non-hydrogen) atoms. The summed E-state index contributed by atoms with van der Waals surface area (Å²) in [6.07, 6.45) is -1.23. The van der Waals surface area contributed by atoms with Gasteiger partial charge in [0.2, 0.25) is 5.43 Å². The molecule has 1 N–H and O–H groups in total. The zero-order valence-corrected chi connectivity index (χ0v) is 19.6. The third-order valence-electron chi connectivity index (χ3n) is 6.08. The second-order valence-corrected chi connectivity index (χ2v) is 8.41. The van der Waals surface area contributed by atoms with E-state index in [9.17, 15) is 19.5 Å². The summed E-state index contributed by atoms with van der Waals surface area (Å²) in [6.45, 7) is 0. The van der Waals surface area contributed by atoms with E-state index in [1.54, 1.807) is 54.6 Å². The second-order valence-electron chi connectivity index (χ2n) is 8.41. The fourth-order valence-corrected chi connectivity index (χ4v) is 4.23. The van der Waals surface area contributed by atoms with Gasteiger partial charge >= 0.3 is 0 Å². The van der Waals surface area contributed by atoms with Crippen molar-refractivity contribution >= 4 is 23.0 Å². The van der Waals surface area contributed by atoms with Crippen LogP contribution in [0.5, 0.6) is 5.75 Å². The van der Waals surface area contributed by atoms with Crippen molar-refractivity contribution in [3.63, 3.8) is 0 Å². The maximum absolute atomic E-state index is 12.3. The van der Waals surface area contributed by atoms with Crippen LogP contribution in [0.1, 0.15) is 32.4 Å². The maximum Gasteiger partial charge on any atom is 0.203 e. The minimum Gasteiger partial charge on any atom is -0.482 e. The average Bonchev–Trinajstić information content (AvgIpc) is 2.96. The van der Waals surface area contributed by atoms with E-state index < -0.39 is 12.2 Å². The van der Waals surface area contributed by atoms with Crippen LogP contribution in [0.4, 0.5) is 0 Å². The van der Waals surface area contributed by atoms with Gasteiger partial charge in [-0.25, -0.2) is 0 Å². The summed E-state index contributed by atoms with van der Waals surface area (Å²) in [6, 6.07) is 32.3. The summed E-state index contributed by atoms with van der Waals surface area (Å²) in [5.74, 6) is 0.562. The number of para-hydroxylation sites is 2. The summed E-state index contributed by atoms with van der Waals surface area (Å²) in [5, 5.41) is 10.5. The largest absolute Gasteiger partial charge is 0.482 e. The molecular formula is C31H22O6. The Morgan fingerprint density at radius 1 is 0.730 bits per heavy atom. The number of Topliss-reactive ketones (excluding diaryl/α,β-unsaturated/α-hetero) is 1. The minimum atomic E-state index is -1.15. The normalized spacial score (nSPS) is 16.2. The molecule has 0 radical (unpaired) electrons. The molecule has 0 spiro atoms. The first-order valence-electron chi connectivity index (χ1n) is 11.7. The van der Waals surface area contributed by atoms with E-state index in [1.165, 1.54) is 0 Å². The SMILES string of the molecule is O=C1c2ccccc2OC(c2ccccc2)C1O.O=Cc1c(-c2ccccc2)oc2ccccc2c1=O. The van der Waals surface area contributed by atoms with Crippen molar-refractivity contribution < 1.29 is 23.8 Å². The van der Waals surface area contributed by atoms with Crippen molar-refractivity contribution in [3.05, 3.63) is 136 Å². The molecule has 2 heterocycles. The van der Waals surface area contributed by atoms with Gasteiger partial charge in [-0.3, -0.25) is 14.4 Å². The van der Waals surface area contributed by atoms with E-state index in [2.05, 4.69) is 0 Å². The average molecular weight is 491 g/mol. The van der Waals surface area contributed by atoms with Crippen molar-refractivity contribution in [2.45, 2.75) is 12.2 Å². The second kappa shape index (κ2) is 10.4. The molecule has 0 saturated carbocycles. The highest BCUT2D eigenvalue weighted by Crippen LogP contribution is 2.34. The number of rotatable bonds is 3. The monoisotopic (exact) mass is 490 g/mol. The van der Waals surface area contributed by atoms with E-state index in [0.717, 1.165) is 5.56 Å². The number of aliphatic hydroxyl groups is 1. The summed E-state index contributed by atoms with van der Waals surface area (Å²) in [7, 11) is 0. The third-order valence-corrected chi connectivity index (χ3v) is 6.08. The lowest BCUT2D eigenvalue weighted by molar-refractivity contribution is 0.0216. The van der Waals surface area contributed by atoms with Crippen molar-refractivity contribution in [1.29, 1.82) is 0 Å². The summed E-state index contributed by atoms with van der Waals surface area (Å²) >= 11 is 0. The van der Waals surface area contributed by atoms with Crippen molar-refractivity contribution in [1.82, 2.24) is 0 Å². The first-order chi connectivity index (χ1) is 18.1. The lowest BCUT2D eigenvalue weighted by atomic mass is 9.94. The van der Waals surface area contributed by atoms with E-state index >= 15 is 0 Å². The quantitative estimate of drug-likeness (QED) is 0.329. The Morgan fingerprint density at radius 2 is 1.35 bits per heavy atom. The van der Waals surface area contributed by atoms with Gasteiger partial charge in [0.15, 0.2) is 24.3 Å². The maximum atomic E-state index is 12.3. The molecule has 1 aliphatic rings. The molecule has 1 aromatic heterocycles. The van der Waals surface area contributed by atoms with Gasteiger partial charge in [-0.1, -0.05) is 84.9 Å². The first kappa shape index (κ1) is 23.9. The van der Waals surface area contributed by atoms with Gasteiger partial charge in [0.05, 0.1) is 10.9 Å². The number of ether oxygens (including phenoxy) is 1. The lowest BCUT2D eigenvalue weighted by Crippen LogP contribution is -2.36. The minimum absolute atomic E-state index is 0.0601. The topological polar surface area (TPSA) is 93.8 Å². The molecule has 0 amide bonds. The molecule has 2 unspecified atom stereocenters. The van der Waals surface area contributed by atoms with Crippen LogP contribution in [-0.2, 0) is 0 Å². The van der Waals surface area contributed by atoms with Crippen LogP contribution in [0.25, 0.3) is 22.3 Å². The fraction of sp³-hybridized carbons (Fsp3) is 0.0645. The Morgan fingerprint density at radius 3 is 2.08 bits per heavy atom. The molecule has 1 aliphatic heterocycles. The zero-order valence-electron chi connectivity index (χ0n) is 19.6. The van der Waals surface area contributed by atoms with Gasteiger partial charge in [-0.05, 0) is 29.8 Å². The van der Waals surface area contributed by atoms with Crippen LogP contribution in [-0.4, -0.2) is 23.3 Å². The van der Waals surface area contributed by atoms with Crippen molar-refractivity contribution in [3.8, 4) is 17.1 Å². The molecule has 6 rings (SSSR count). The van der Waals surface area contributed by atoms with Gasteiger partial charge in [-0.15, -0.1) is 0 Å². The van der Waals surface area contributed by atoms with Crippen LogP contribution in [0.3, 0.4) is 0 Å². The zero-order chi connectivity index (χ0) is 25.8. The summed E-state index contributed by atoms with van der Waals surface area (Å²) in [4.78, 5) is 35.5. The standard InChI is InChI=1S/C16H10O3.C15H12O3/c17-10-13-15(18)12-8-4-5-9-14(12)19-16(13)11-6-2-1-3-7-11;16-13-11-8-4-5-9-12(11)18-15(14(13)17)10-6-2-1-3-7-10/h1-10H;1-9,14-15,17H. The molecule has 0 bridgehead atoms. The van der Waals surface area contributed by atoms with E-state index in [1.807, 2.05) is 54.6 Å². The van der Waals surface area contributed by atoms with Gasteiger partial charge in [0, 0.05) is 5.56 Å². The highest BCUT2D eigenvalue weighted by Gasteiger charge is 2.36. The lowest BCUT2D eigenvalue weighted by Gasteiger charge is -2.29. The first-order valence-corrected chi connectivity index (χ1v) is 11.7. The number of benzene rings is 4. The molecule has 182 valence electrons. The molecule has 0 saturated heterocycles. The predicted octanol–water partition coefficient (Wildman–Crippen LogP) is 5.64. The Balaban J connectivity index is 0.000000152. The summed E-state index contributed by atoms with van der Waals surface area (Å²) < 4.78 is 11.4. The van der Waals surface area contributed by atoms with Crippen molar-refractivity contribution in [2.75, 3.05) is 0 Å². The Bertz CT molecular complexity index is 1620. The molecular weight excluding hydrogens is 468 g/mol. The number of aliphatic hydroxyl groups excluding tert-OH is 1. The highest BCUT2D eigenvalue weighted by atomic mass is 16.5. The van der Waals surface area contributed by atoms with Gasteiger partial charge in [0.1, 0.15) is 22.7 Å². The molecule has 0 fully saturated rings. The molecule has 4 aromatic carbocycles. The van der Waals surface area contributed by atoms with Crippen LogP contribution >= 0.6 is 0 Å². The van der Waals surface area contributed by atoms with Crippen LogP contribution in [0.2, 0.25) is 0 Å². The fourth-order valence-electron chi connectivity index (χ4n) is 4.23. The van der Waals surface area contributed by atoms with E-state index in [4.69, 9.17) is 9.15 Å². The third kappa shape index (κ3) is 4.70. The summed E-state index contributed by atoms with van der Waals surface area (Å²) in [5.41, 5.74) is 2.20. The van der Waals surface area contributed by atoms with Gasteiger partial charge in [-0.2, -0.15) is 0 Å². The molecule has 2 atom stereocenters. The Hall–Kier alpha value is -4.81. The Labute approximate surface area is 212 Å². The van der Waals surface area contributed by atoms with Crippen LogP contribution < -0.4 is 10.2 Å². The van der Waals surface area contributed by atoms with Crippen LogP contribution in [0.15, 0.2) is 118 Å². The number of fused-ring (bicyclic) bond motifs is 2. The number of ketones is 1.